The summed E-state index contributed by atoms with van der Waals surface area (Å²) in [6, 6.07) is -0.408. The van der Waals surface area contributed by atoms with Gasteiger partial charge in [0.05, 0.1) is 12.1 Å². The smallest absolute Gasteiger partial charge is 0.240 e. The lowest BCUT2D eigenvalue weighted by molar-refractivity contribution is -0.138. The summed E-state index contributed by atoms with van der Waals surface area (Å²) in [6.07, 6.45) is 1.20. The third-order valence-electron chi connectivity index (χ3n) is 5.56. The molecule has 27 heavy (non-hydrogen) atoms. The van der Waals surface area contributed by atoms with E-state index in [-0.39, 0.29) is 35.9 Å². The molecule has 0 aromatic heterocycles. The molecule has 162 valence electrons. The van der Waals surface area contributed by atoms with E-state index in [1.54, 1.807) is 7.11 Å². The van der Waals surface area contributed by atoms with Gasteiger partial charge in [0.2, 0.25) is 5.91 Å². The minimum atomic E-state index is -0.786. The van der Waals surface area contributed by atoms with Crippen LogP contribution in [-0.4, -0.2) is 67.6 Å². The molecule has 0 spiro atoms. The summed E-state index contributed by atoms with van der Waals surface area (Å²) in [5.74, 6) is 0.704. The molecule has 0 fully saturated rings. The van der Waals surface area contributed by atoms with E-state index in [0.717, 1.165) is 12.8 Å². The van der Waals surface area contributed by atoms with Gasteiger partial charge < -0.3 is 20.1 Å². The highest BCUT2D eigenvalue weighted by Gasteiger charge is 2.33. The molecule has 2 unspecified atom stereocenters. The van der Waals surface area contributed by atoms with Crippen LogP contribution in [0.15, 0.2) is 0 Å². The maximum absolute atomic E-state index is 13.3. The van der Waals surface area contributed by atoms with Gasteiger partial charge >= 0.3 is 0 Å². The van der Waals surface area contributed by atoms with Crippen LogP contribution in [0.5, 0.6) is 0 Å². The number of aliphatic hydroxyl groups is 1. The standard InChI is InChI=1S/C21H45N3O3/c1-13(2)17(12-11-16(7)27-10)24(9)21(26)19(15(5)6)23-20(25)18(22-8)14(3)4/h13-20,22-23,25H,11-12H2,1-10H3/t16-,17?,18+,19-,20?/m0/s1. The molecular formula is C21H45N3O3. The molecule has 0 aliphatic rings. The van der Waals surface area contributed by atoms with Crippen LogP contribution in [0, 0.1) is 17.8 Å². The molecule has 0 bridgehead atoms. The third kappa shape index (κ3) is 8.46. The Hall–Kier alpha value is -0.690. The fraction of sp³-hybridized carbons (Fsp3) is 0.952. The van der Waals surface area contributed by atoms with Crippen molar-refractivity contribution >= 4 is 5.91 Å². The second-order valence-electron chi connectivity index (χ2n) is 8.78. The number of likely N-dealkylation sites (N-methyl/N-ethyl adjacent to an activating group) is 2. The zero-order valence-corrected chi connectivity index (χ0v) is 19.2. The number of carbonyl (C=O) groups excluding carboxylic acids is 1. The van der Waals surface area contributed by atoms with Crippen LogP contribution in [0.2, 0.25) is 0 Å². The van der Waals surface area contributed by atoms with Crippen LogP contribution in [-0.2, 0) is 9.53 Å². The monoisotopic (exact) mass is 387 g/mol. The summed E-state index contributed by atoms with van der Waals surface area (Å²) >= 11 is 0. The van der Waals surface area contributed by atoms with Crippen LogP contribution in [0.4, 0.5) is 0 Å². The van der Waals surface area contributed by atoms with Gasteiger partial charge in [0.25, 0.3) is 0 Å². The Bertz CT molecular complexity index is 415. The Morgan fingerprint density at radius 3 is 1.93 bits per heavy atom. The molecule has 0 radical (unpaired) electrons. The maximum atomic E-state index is 13.3. The van der Waals surface area contributed by atoms with Crippen LogP contribution < -0.4 is 10.6 Å². The number of nitrogens with zero attached hydrogens (tertiary/aromatic N) is 1. The van der Waals surface area contributed by atoms with Gasteiger partial charge in [0, 0.05) is 26.2 Å². The molecule has 0 aromatic rings. The Labute approximate surface area is 167 Å². The van der Waals surface area contributed by atoms with Crippen molar-refractivity contribution in [3.05, 3.63) is 0 Å². The Balaban J connectivity index is 5.24. The number of rotatable bonds is 13. The number of nitrogens with one attached hydrogen (secondary N) is 2. The first-order valence-electron chi connectivity index (χ1n) is 10.4. The number of aliphatic hydroxyl groups excluding tert-OH is 1. The Morgan fingerprint density at radius 2 is 1.56 bits per heavy atom. The van der Waals surface area contributed by atoms with Crippen molar-refractivity contribution in [3.8, 4) is 0 Å². The SMILES string of the molecule is CN[C@H](C(C)C)C(O)N[C@H](C(=O)N(C)C(CC[C@H](C)OC)C(C)C)C(C)C. The molecule has 1 amide bonds. The number of hydrogen-bond donors (Lipinski definition) is 3. The van der Waals surface area contributed by atoms with Gasteiger partial charge in [0.15, 0.2) is 0 Å². The lowest BCUT2D eigenvalue weighted by Gasteiger charge is -2.37. The third-order valence-corrected chi connectivity index (χ3v) is 5.56. The fourth-order valence-electron chi connectivity index (χ4n) is 3.57. The van der Waals surface area contributed by atoms with Gasteiger partial charge in [-0.15, -0.1) is 0 Å². The van der Waals surface area contributed by atoms with Gasteiger partial charge in [-0.05, 0) is 44.6 Å². The molecule has 0 saturated heterocycles. The molecular weight excluding hydrogens is 342 g/mol. The van der Waals surface area contributed by atoms with Gasteiger partial charge in [-0.3, -0.25) is 10.1 Å². The summed E-state index contributed by atoms with van der Waals surface area (Å²) in [6.45, 7) is 14.5. The van der Waals surface area contributed by atoms with Crippen molar-refractivity contribution in [2.45, 2.75) is 91.8 Å². The van der Waals surface area contributed by atoms with E-state index >= 15 is 0 Å². The quantitative estimate of drug-likeness (QED) is 0.423. The first-order chi connectivity index (χ1) is 12.5. The average Bonchev–Trinajstić information content (AvgIpc) is 2.58. The number of carbonyl (C=O) groups is 1. The molecule has 0 aliphatic carbocycles. The van der Waals surface area contributed by atoms with E-state index in [0.29, 0.717) is 5.92 Å². The molecule has 0 heterocycles. The molecule has 0 aromatic carbocycles. The predicted molar refractivity (Wildman–Crippen MR) is 113 cm³/mol. The number of amides is 1. The Morgan fingerprint density at radius 1 is 1.00 bits per heavy atom. The topological polar surface area (TPSA) is 73.8 Å². The van der Waals surface area contributed by atoms with Gasteiger partial charge in [-0.25, -0.2) is 0 Å². The van der Waals surface area contributed by atoms with Crippen LogP contribution in [0.25, 0.3) is 0 Å². The second kappa shape index (κ2) is 12.7. The summed E-state index contributed by atoms with van der Waals surface area (Å²) in [7, 11) is 5.43. The van der Waals surface area contributed by atoms with E-state index in [2.05, 4.69) is 45.3 Å². The highest BCUT2D eigenvalue weighted by molar-refractivity contribution is 5.82. The molecule has 0 aliphatic heterocycles. The van der Waals surface area contributed by atoms with Crippen LogP contribution in [0.1, 0.15) is 61.3 Å². The summed E-state index contributed by atoms with van der Waals surface area (Å²) in [4.78, 5) is 15.1. The largest absolute Gasteiger partial charge is 0.382 e. The molecule has 6 nitrogen and oxygen atoms in total. The van der Waals surface area contributed by atoms with Crippen molar-refractivity contribution in [2.24, 2.45) is 17.8 Å². The van der Waals surface area contributed by atoms with Crippen molar-refractivity contribution in [3.63, 3.8) is 0 Å². The summed E-state index contributed by atoms with van der Waals surface area (Å²) in [5.41, 5.74) is 0. The molecule has 6 heteroatoms. The van der Waals surface area contributed by atoms with Crippen molar-refractivity contribution < 1.29 is 14.6 Å². The summed E-state index contributed by atoms with van der Waals surface area (Å²) in [5, 5.41) is 16.9. The highest BCUT2D eigenvalue weighted by Crippen LogP contribution is 2.20. The van der Waals surface area contributed by atoms with Crippen molar-refractivity contribution in [1.82, 2.24) is 15.5 Å². The number of ether oxygens (including phenoxy) is 1. The minimum absolute atomic E-state index is 0.0337. The second-order valence-corrected chi connectivity index (χ2v) is 8.78. The van der Waals surface area contributed by atoms with Gasteiger partial charge in [0.1, 0.15) is 6.23 Å². The number of hydrogen-bond acceptors (Lipinski definition) is 5. The molecule has 0 rings (SSSR count). The first kappa shape index (κ1) is 26.3. The van der Waals surface area contributed by atoms with E-state index in [9.17, 15) is 9.90 Å². The van der Waals surface area contributed by atoms with E-state index < -0.39 is 12.3 Å². The first-order valence-corrected chi connectivity index (χ1v) is 10.4. The fourth-order valence-corrected chi connectivity index (χ4v) is 3.57. The van der Waals surface area contributed by atoms with E-state index in [4.69, 9.17) is 4.74 Å². The average molecular weight is 388 g/mol. The molecule has 5 atom stereocenters. The molecule has 0 saturated carbocycles. The zero-order valence-electron chi connectivity index (χ0n) is 19.2. The van der Waals surface area contributed by atoms with Crippen molar-refractivity contribution in [1.29, 1.82) is 0 Å². The normalized spacial score (nSPS) is 17.9. The lowest BCUT2D eigenvalue weighted by atomic mass is 9.94. The minimum Gasteiger partial charge on any atom is -0.382 e. The Kier molecular flexibility index (Phi) is 12.4. The van der Waals surface area contributed by atoms with Crippen LogP contribution in [0.3, 0.4) is 0 Å². The highest BCUT2D eigenvalue weighted by atomic mass is 16.5. The zero-order chi connectivity index (χ0) is 21.3. The van der Waals surface area contributed by atoms with Gasteiger partial charge in [-0.1, -0.05) is 41.5 Å². The van der Waals surface area contributed by atoms with Crippen LogP contribution >= 0.6 is 0 Å². The van der Waals surface area contributed by atoms with E-state index in [1.165, 1.54) is 0 Å². The maximum Gasteiger partial charge on any atom is 0.240 e. The van der Waals surface area contributed by atoms with Crippen molar-refractivity contribution in [2.75, 3.05) is 21.2 Å². The van der Waals surface area contributed by atoms with E-state index in [1.807, 2.05) is 32.8 Å². The number of methoxy groups -OCH3 is 1. The predicted octanol–water partition coefficient (Wildman–Crippen LogP) is 2.46. The van der Waals surface area contributed by atoms with Gasteiger partial charge in [-0.2, -0.15) is 0 Å². The molecule has 3 N–H and O–H groups in total. The lowest BCUT2D eigenvalue weighted by Crippen LogP contribution is -2.59. The summed E-state index contributed by atoms with van der Waals surface area (Å²) < 4.78 is 5.36.